The van der Waals surface area contributed by atoms with Crippen LogP contribution in [0.4, 0.5) is 23.3 Å². The highest BCUT2D eigenvalue weighted by Gasteiger charge is 2.34. The van der Waals surface area contributed by atoms with Gasteiger partial charge in [-0.05, 0) is 67.7 Å². The van der Waals surface area contributed by atoms with Gasteiger partial charge >= 0.3 is 0 Å². The van der Waals surface area contributed by atoms with E-state index in [0.29, 0.717) is 11.1 Å². The highest BCUT2D eigenvalue weighted by atomic mass is 35.5. The fraction of sp³-hybridized carbons (Fsp3) is 0.469. The van der Waals surface area contributed by atoms with Gasteiger partial charge in [-0.3, -0.25) is 0 Å². The highest BCUT2D eigenvalue weighted by Crippen LogP contribution is 2.39. The Bertz CT molecular complexity index is 1320. The molecule has 1 aliphatic carbocycles. The van der Waals surface area contributed by atoms with Crippen molar-refractivity contribution in [3.05, 3.63) is 71.2 Å². The molecule has 3 fully saturated rings. The number of nitrogens with zero attached hydrogens (tertiary/aromatic N) is 5. The molecule has 7 nitrogen and oxygen atoms in total. The molecule has 0 radical (unpaired) electrons. The molecule has 0 bridgehead atoms. The van der Waals surface area contributed by atoms with Gasteiger partial charge in [0.05, 0.1) is 0 Å². The average molecular weight is 590 g/mol. The standard InChI is InChI=1S/C32H40ClN7S/c33-26-11-9-10-25(22-26)32(14-5-2-6-15-32)24-34-31(41)37-30-35-28(39-16-7-8-17-39)23-29(36-30)40-20-18-38(19-21-40)27-12-3-1-4-13-27/h1,3-4,9-13,22-23H,2,5-8,14-21,24H2,(H2,34,35,36,37,41). The summed E-state index contributed by atoms with van der Waals surface area (Å²) in [6.07, 6.45) is 8.37. The molecular weight excluding hydrogens is 550 g/mol. The molecule has 2 N–H and O–H groups in total. The lowest BCUT2D eigenvalue weighted by Crippen LogP contribution is -2.47. The average Bonchev–Trinajstić information content (AvgIpc) is 3.57. The molecule has 2 aliphatic heterocycles. The topological polar surface area (TPSA) is 59.6 Å². The van der Waals surface area contributed by atoms with Crippen LogP contribution in [0.2, 0.25) is 5.02 Å². The van der Waals surface area contributed by atoms with E-state index in [1.54, 1.807) is 0 Å². The molecule has 6 rings (SSSR count). The van der Waals surface area contributed by atoms with E-state index in [1.165, 1.54) is 43.4 Å². The highest BCUT2D eigenvalue weighted by molar-refractivity contribution is 7.80. The van der Waals surface area contributed by atoms with Crippen LogP contribution >= 0.6 is 23.8 Å². The minimum Gasteiger partial charge on any atom is -0.368 e. The van der Waals surface area contributed by atoms with Crippen molar-refractivity contribution < 1.29 is 0 Å². The maximum absolute atomic E-state index is 6.40. The molecule has 41 heavy (non-hydrogen) atoms. The number of para-hydroxylation sites is 1. The molecule has 0 atom stereocenters. The monoisotopic (exact) mass is 589 g/mol. The predicted molar refractivity (Wildman–Crippen MR) is 175 cm³/mol. The van der Waals surface area contributed by atoms with Crippen molar-refractivity contribution in [2.45, 2.75) is 50.4 Å². The lowest BCUT2D eigenvalue weighted by Gasteiger charge is -2.38. The molecular formula is C32H40ClN7S. The van der Waals surface area contributed by atoms with Gasteiger partial charge in [0.1, 0.15) is 11.6 Å². The summed E-state index contributed by atoms with van der Waals surface area (Å²) in [5.41, 5.74) is 2.60. The summed E-state index contributed by atoms with van der Waals surface area (Å²) < 4.78 is 0. The summed E-state index contributed by atoms with van der Waals surface area (Å²) in [4.78, 5) is 17.1. The van der Waals surface area contributed by atoms with Crippen LogP contribution in [-0.4, -0.2) is 60.9 Å². The first-order valence-electron chi connectivity index (χ1n) is 15.1. The Labute approximate surface area is 254 Å². The quantitative estimate of drug-likeness (QED) is 0.314. The third kappa shape index (κ3) is 6.70. The van der Waals surface area contributed by atoms with Crippen LogP contribution in [0.25, 0.3) is 0 Å². The van der Waals surface area contributed by atoms with Gasteiger partial charge in [-0.1, -0.05) is 61.2 Å². The van der Waals surface area contributed by atoms with Crippen LogP contribution in [0.1, 0.15) is 50.5 Å². The lowest BCUT2D eigenvalue weighted by molar-refractivity contribution is 0.292. The molecule has 9 heteroatoms. The SMILES string of the molecule is S=C(NCC1(c2cccc(Cl)c2)CCCCC1)Nc1nc(N2CCCC2)cc(N2CCN(c3ccccc3)CC2)n1. The van der Waals surface area contributed by atoms with Crippen LogP contribution in [-0.2, 0) is 5.41 Å². The summed E-state index contributed by atoms with van der Waals surface area (Å²) in [6, 6.07) is 21.1. The van der Waals surface area contributed by atoms with E-state index in [2.05, 4.69) is 79.9 Å². The van der Waals surface area contributed by atoms with E-state index in [4.69, 9.17) is 33.8 Å². The van der Waals surface area contributed by atoms with Crippen LogP contribution in [0.3, 0.4) is 0 Å². The molecule has 216 valence electrons. The van der Waals surface area contributed by atoms with E-state index >= 15 is 0 Å². The van der Waals surface area contributed by atoms with Crippen molar-refractivity contribution in [2.24, 2.45) is 0 Å². The van der Waals surface area contributed by atoms with Gasteiger partial charge in [-0.2, -0.15) is 9.97 Å². The summed E-state index contributed by atoms with van der Waals surface area (Å²) >= 11 is 12.2. The Hall–Kier alpha value is -3.10. The number of halogens is 1. The first-order valence-corrected chi connectivity index (χ1v) is 15.9. The Morgan fingerprint density at radius 3 is 2.10 bits per heavy atom. The van der Waals surface area contributed by atoms with Gasteiger partial charge in [0.25, 0.3) is 0 Å². The maximum Gasteiger partial charge on any atom is 0.232 e. The summed E-state index contributed by atoms with van der Waals surface area (Å²) in [6.45, 7) is 6.57. The number of hydrogen-bond acceptors (Lipinski definition) is 6. The van der Waals surface area contributed by atoms with Crippen molar-refractivity contribution in [3.8, 4) is 0 Å². The summed E-state index contributed by atoms with van der Waals surface area (Å²) in [5.74, 6) is 2.50. The van der Waals surface area contributed by atoms with Gasteiger partial charge < -0.3 is 25.3 Å². The zero-order valence-electron chi connectivity index (χ0n) is 23.7. The second kappa shape index (κ2) is 12.8. The largest absolute Gasteiger partial charge is 0.368 e. The fourth-order valence-electron chi connectivity index (χ4n) is 6.59. The van der Waals surface area contributed by atoms with E-state index < -0.39 is 0 Å². The molecule has 0 unspecified atom stereocenters. The van der Waals surface area contributed by atoms with Crippen molar-refractivity contribution >= 4 is 52.2 Å². The van der Waals surface area contributed by atoms with Crippen molar-refractivity contribution in [3.63, 3.8) is 0 Å². The van der Waals surface area contributed by atoms with Gasteiger partial charge in [0.2, 0.25) is 5.95 Å². The van der Waals surface area contributed by atoms with E-state index in [1.807, 2.05) is 6.07 Å². The Kier molecular flexibility index (Phi) is 8.77. The zero-order chi connectivity index (χ0) is 28.1. The number of thiocarbonyl (C=S) groups is 1. The number of benzene rings is 2. The molecule has 3 heterocycles. The van der Waals surface area contributed by atoms with Crippen molar-refractivity contribution in [2.75, 3.05) is 65.8 Å². The fourth-order valence-corrected chi connectivity index (χ4v) is 6.94. The van der Waals surface area contributed by atoms with E-state index in [9.17, 15) is 0 Å². The third-order valence-electron chi connectivity index (χ3n) is 8.91. The molecule has 2 aromatic carbocycles. The normalized spacial score (nSPS) is 18.8. The first-order chi connectivity index (χ1) is 20.1. The number of hydrogen-bond donors (Lipinski definition) is 2. The minimum atomic E-state index is 0.0245. The number of nitrogens with one attached hydrogen (secondary N) is 2. The smallest absolute Gasteiger partial charge is 0.232 e. The summed E-state index contributed by atoms with van der Waals surface area (Å²) in [5, 5.41) is 8.24. The molecule has 3 aromatic rings. The van der Waals surface area contributed by atoms with Crippen LogP contribution in [0.5, 0.6) is 0 Å². The molecule has 0 spiro atoms. The number of aromatic nitrogens is 2. The van der Waals surface area contributed by atoms with E-state index in [0.717, 1.165) is 75.3 Å². The zero-order valence-corrected chi connectivity index (χ0v) is 25.3. The number of piperazine rings is 1. The minimum absolute atomic E-state index is 0.0245. The molecule has 2 saturated heterocycles. The molecule has 1 saturated carbocycles. The Balaban J connectivity index is 1.16. The van der Waals surface area contributed by atoms with Crippen LogP contribution in [0.15, 0.2) is 60.7 Å². The van der Waals surface area contributed by atoms with Gasteiger partial charge in [-0.15, -0.1) is 0 Å². The van der Waals surface area contributed by atoms with Crippen molar-refractivity contribution in [1.29, 1.82) is 0 Å². The maximum atomic E-state index is 6.40. The summed E-state index contributed by atoms with van der Waals surface area (Å²) in [7, 11) is 0. The van der Waals surface area contributed by atoms with Gasteiger partial charge in [0.15, 0.2) is 5.11 Å². The van der Waals surface area contributed by atoms with Crippen LogP contribution in [0, 0.1) is 0 Å². The van der Waals surface area contributed by atoms with Gasteiger partial charge in [0, 0.05) is 68.0 Å². The Morgan fingerprint density at radius 1 is 0.756 bits per heavy atom. The second-order valence-corrected chi connectivity index (χ2v) is 12.4. The molecule has 0 amide bonds. The van der Waals surface area contributed by atoms with Crippen molar-refractivity contribution in [1.82, 2.24) is 15.3 Å². The number of anilines is 4. The van der Waals surface area contributed by atoms with Crippen LogP contribution < -0.4 is 25.3 Å². The predicted octanol–water partition coefficient (Wildman–Crippen LogP) is 6.25. The molecule has 3 aliphatic rings. The molecule has 1 aromatic heterocycles. The van der Waals surface area contributed by atoms with Gasteiger partial charge in [-0.25, -0.2) is 0 Å². The Morgan fingerprint density at radius 2 is 1.41 bits per heavy atom. The lowest BCUT2D eigenvalue weighted by atomic mass is 9.69. The third-order valence-corrected chi connectivity index (χ3v) is 9.40. The first kappa shape index (κ1) is 28.0. The second-order valence-electron chi connectivity index (χ2n) is 11.6. The van der Waals surface area contributed by atoms with E-state index in [-0.39, 0.29) is 5.41 Å². The number of rotatable bonds is 7.